The van der Waals surface area contributed by atoms with Gasteiger partial charge in [-0.1, -0.05) is 65.0 Å². The highest BCUT2D eigenvalue weighted by atomic mass is 16.6. The third-order valence-electron chi connectivity index (χ3n) is 3.42. The van der Waals surface area contributed by atoms with E-state index in [2.05, 4.69) is 0 Å². The van der Waals surface area contributed by atoms with Crippen LogP contribution in [-0.2, 0) is 9.53 Å². The lowest BCUT2D eigenvalue weighted by molar-refractivity contribution is -0.150. The summed E-state index contributed by atoms with van der Waals surface area (Å²) in [7, 11) is 0. The van der Waals surface area contributed by atoms with Gasteiger partial charge in [0.1, 0.15) is 5.75 Å². The summed E-state index contributed by atoms with van der Waals surface area (Å²) in [4.78, 5) is 23.8. The van der Waals surface area contributed by atoms with Crippen LogP contribution in [0.4, 0.5) is 0 Å². The van der Waals surface area contributed by atoms with Crippen LogP contribution in [0.15, 0.2) is 54.6 Å². The van der Waals surface area contributed by atoms with Crippen LogP contribution < -0.4 is 4.74 Å². The first kappa shape index (κ1) is 24.4. The van der Waals surface area contributed by atoms with Gasteiger partial charge in [-0.15, -0.1) is 0 Å². The lowest BCUT2D eigenvalue weighted by Gasteiger charge is -2.11. The van der Waals surface area contributed by atoms with Gasteiger partial charge < -0.3 is 9.47 Å². The predicted molar refractivity (Wildman–Crippen MR) is 110 cm³/mol. The Hall–Kier alpha value is -2.62. The number of hydrogen-bond donors (Lipinski definition) is 0. The zero-order valence-electron chi connectivity index (χ0n) is 17.3. The Morgan fingerprint density at radius 2 is 1.37 bits per heavy atom. The molecule has 0 aliphatic heterocycles. The predicted octanol–water partition coefficient (Wildman–Crippen LogP) is 5.69. The second-order valence-electron chi connectivity index (χ2n) is 5.22. The van der Waals surface area contributed by atoms with Gasteiger partial charge in [-0.05, 0) is 37.6 Å². The van der Waals surface area contributed by atoms with Gasteiger partial charge in [0.2, 0.25) is 0 Å². The molecule has 0 spiro atoms. The van der Waals surface area contributed by atoms with E-state index in [9.17, 15) is 9.59 Å². The molecule has 0 aliphatic rings. The summed E-state index contributed by atoms with van der Waals surface area (Å²) >= 11 is 0. The van der Waals surface area contributed by atoms with Crippen molar-refractivity contribution in [1.29, 1.82) is 0 Å². The highest BCUT2D eigenvalue weighted by molar-refractivity contribution is 6.08. The first-order valence-corrected chi connectivity index (χ1v) is 9.62. The fourth-order valence-corrected chi connectivity index (χ4v) is 1.94. The van der Waals surface area contributed by atoms with E-state index in [4.69, 9.17) is 9.47 Å². The summed E-state index contributed by atoms with van der Waals surface area (Å²) in [5.41, 5.74) is 1.21. The average Bonchev–Trinajstić information content (AvgIpc) is 2.75. The molecule has 1 atom stereocenters. The summed E-state index contributed by atoms with van der Waals surface area (Å²) < 4.78 is 10.5. The standard InChI is InChI=1S/C19H20O4.2C2H6/c1-3-14(2)23-18(20)13-22-17-11-9-16(10-12-17)19(21)15-7-5-4-6-8-15;2*1-2/h4-12,14H,3,13H2,1-2H3;2*1-2H3. The molecule has 0 bridgehead atoms. The number of ether oxygens (including phenoxy) is 2. The van der Waals surface area contributed by atoms with Crippen molar-refractivity contribution in [3.63, 3.8) is 0 Å². The van der Waals surface area contributed by atoms with Crippen molar-refractivity contribution in [2.45, 2.75) is 54.1 Å². The van der Waals surface area contributed by atoms with Gasteiger partial charge in [0.15, 0.2) is 12.4 Å². The number of ketones is 1. The third kappa shape index (κ3) is 9.04. The first-order valence-electron chi connectivity index (χ1n) is 9.62. The zero-order valence-corrected chi connectivity index (χ0v) is 17.3. The molecule has 4 nitrogen and oxygen atoms in total. The van der Waals surface area contributed by atoms with Crippen molar-refractivity contribution < 1.29 is 19.1 Å². The minimum atomic E-state index is -0.399. The second kappa shape index (κ2) is 14.5. The minimum Gasteiger partial charge on any atom is -0.482 e. The molecular formula is C23H32O4. The van der Waals surface area contributed by atoms with E-state index in [1.54, 1.807) is 36.4 Å². The SMILES string of the molecule is CC.CC.CCC(C)OC(=O)COc1ccc(C(=O)c2ccccc2)cc1. The first-order chi connectivity index (χ1) is 13.1. The van der Waals surface area contributed by atoms with Gasteiger partial charge in [-0.3, -0.25) is 4.79 Å². The number of carbonyl (C=O) groups excluding carboxylic acids is 2. The fourth-order valence-electron chi connectivity index (χ4n) is 1.94. The van der Waals surface area contributed by atoms with Crippen molar-refractivity contribution in [3.05, 3.63) is 65.7 Å². The molecule has 0 radical (unpaired) electrons. The number of esters is 1. The van der Waals surface area contributed by atoms with Crippen molar-refractivity contribution in [1.82, 2.24) is 0 Å². The van der Waals surface area contributed by atoms with E-state index in [1.807, 2.05) is 59.7 Å². The van der Waals surface area contributed by atoms with E-state index in [0.29, 0.717) is 16.9 Å². The molecular weight excluding hydrogens is 340 g/mol. The number of benzene rings is 2. The lowest BCUT2D eigenvalue weighted by Crippen LogP contribution is -2.20. The zero-order chi connectivity index (χ0) is 20.7. The minimum absolute atomic E-state index is 0.0478. The van der Waals surface area contributed by atoms with E-state index < -0.39 is 5.97 Å². The van der Waals surface area contributed by atoms with Crippen LogP contribution in [0, 0.1) is 0 Å². The summed E-state index contributed by atoms with van der Waals surface area (Å²) in [6.07, 6.45) is 0.652. The van der Waals surface area contributed by atoms with Gasteiger partial charge in [0.05, 0.1) is 6.10 Å². The van der Waals surface area contributed by atoms with Crippen LogP contribution in [0.5, 0.6) is 5.75 Å². The normalized spacial score (nSPS) is 10.3. The van der Waals surface area contributed by atoms with Crippen LogP contribution in [0.1, 0.15) is 63.9 Å². The largest absolute Gasteiger partial charge is 0.482 e. The van der Waals surface area contributed by atoms with Crippen LogP contribution in [0.3, 0.4) is 0 Å². The number of hydrogen-bond acceptors (Lipinski definition) is 4. The molecule has 27 heavy (non-hydrogen) atoms. The lowest BCUT2D eigenvalue weighted by atomic mass is 10.0. The monoisotopic (exact) mass is 372 g/mol. The van der Waals surface area contributed by atoms with Gasteiger partial charge in [-0.2, -0.15) is 0 Å². The Morgan fingerprint density at radius 1 is 0.852 bits per heavy atom. The van der Waals surface area contributed by atoms with Crippen LogP contribution in [0.2, 0.25) is 0 Å². The molecule has 2 aromatic carbocycles. The Bertz CT molecular complexity index is 648. The van der Waals surface area contributed by atoms with E-state index in [0.717, 1.165) is 6.42 Å². The Labute approximate surface area is 163 Å². The summed E-state index contributed by atoms with van der Waals surface area (Å²) in [5, 5.41) is 0. The molecule has 0 saturated heterocycles. The van der Waals surface area contributed by atoms with Gasteiger partial charge in [-0.25, -0.2) is 4.79 Å². The van der Waals surface area contributed by atoms with Gasteiger partial charge in [0, 0.05) is 11.1 Å². The van der Waals surface area contributed by atoms with Gasteiger partial charge in [0.25, 0.3) is 0 Å². The fraction of sp³-hybridized carbons (Fsp3) is 0.391. The maximum atomic E-state index is 12.3. The molecule has 4 heteroatoms. The van der Waals surface area contributed by atoms with Crippen LogP contribution in [-0.4, -0.2) is 24.5 Å². The highest BCUT2D eigenvalue weighted by Gasteiger charge is 2.10. The quantitative estimate of drug-likeness (QED) is 0.463. The third-order valence-corrected chi connectivity index (χ3v) is 3.42. The molecule has 1 unspecified atom stereocenters. The maximum Gasteiger partial charge on any atom is 0.344 e. The second-order valence-corrected chi connectivity index (χ2v) is 5.22. The topological polar surface area (TPSA) is 52.6 Å². The van der Waals surface area contributed by atoms with Crippen molar-refractivity contribution in [2.75, 3.05) is 6.61 Å². The molecule has 0 saturated carbocycles. The number of carbonyl (C=O) groups is 2. The Kier molecular flexibility index (Phi) is 13.1. The molecule has 0 aliphatic carbocycles. The molecule has 0 N–H and O–H groups in total. The van der Waals surface area contributed by atoms with Gasteiger partial charge >= 0.3 is 5.97 Å². The number of rotatable bonds is 7. The smallest absolute Gasteiger partial charge is 0.344 e. The van der Waals surface area contributed by atoms with Crippen molar-refractivity contribution >= 4 is 11.8 Å². The summed E-state index contributed by atoms with van der Waals surface area (Å²) in [6.45, 7) is 11.6. The molecule has 0 aromatic heterocycles. The molecule has 0 amide bonds. The van der Waals surface area contributed by atoms with E-state index in [1.165, 1.54) is 0 Å². The van der Waals surface area contributed by atoms with E-state index >= 15 is 0 Å². The molecule has 2 aromatic rings. The van der Waals surface area contributed by atoms with Crippen molar-refractivity contribution in [3.8, 4) is 5.75 Å². The van der Waals surface area contributed by atoms with E-state index in [-0.39, 0.29) is 18.5 Å². The molecule has 148 valence electrons. The summed E-state index contributed by atoms with van der Waals surface area (Å²) in [5.74, 6) is 0.0767. The Morgan fingerprint density at radius 3 is 1.89 bits per heavy atom. The Balaban J connectivity index is 0.00000158. The summed E-state index contributed by atoms with van der Waals surface area (Å²) in [6, 6.07) is 15.8. The highest BCUT2D eigenvalue weighted by Crippen LogP contribution is 2.15. The van der Waals surface area contributed by atoms with Crippen LogP contribution in [0.25, 0.3) is 0 Å². The molecule has 0 heterocycles. The molecule has 0 fully saturated rings. The molecule has 2 rings (SSSR count). The van der Waals surface area contributed by atoms with Crippen LogP contribution >= 0.6 is 0 Å². The maximum absolute atomic E-state index is 12.3. The van der Waals surface area contributed by atoms with Crippen molar-refractivity contribution in [2.24, 2.45) is 0 Å². The average molecular weight is 373 g/mol.